The van der Waals surface area contributed by atoms with E-state index in [1.165, 1.54) is 0 Å². The van der Waals surface area contributed by atoms with Crippen molar-refractivity contribution in [1.82, 2.24) is 0 Å². The molecule has 0 amide bonds. The van der Waals surface area contributed by atoms with Crippen LogP contribution in [0.5, 0.6) is 0 Å². The Bertz CT molecular complexity index is 664. The van der Waals surface area contributed by atoms with Crippen molar-refractivity contribution in [2.45, 2.75) is 0 Å². The van der Waals surface area contributed by atoms with Gasteiger partial charge < -0.3 is 0 Å². The van der Waals surface area contributed by atoms with E-state index < -0.39 is 51.8 Å². The number of hydrogen-bond acceptors (Lipinski definition) is 0. The second-order valence-corrected chi connectivity index (χ2v) is 3.57. The van der Waals surface area contributed by atoms with Gasteiger partial charge in [0.15, 0.2) is 40.7 Å². The van der Waals surface area contributed by atoms with E-state index >= 15 is 0 Å². The molecule has 2 aromatic carbocycles. The van der Waals surface area contributed by atoms with E-state index in [9.17, 15) is 30.7 Å². The van der Waals surface area contributed by atoms with Gasteiger partial charge in [-0.1, -0.05) is 0 Å². The molecule has 2 aromatic rings. The van der Waals surface area contributed by atoms with Crippen LogP contribution < -0.4 is 0 Å². The van der Waals surface area contributed by atoms with Gasteiger partial charge in [0.2, 0.25) is 0 Å². The Morgan fingerprint density at radius 1 is 0.474 bits per heavy atom. The Kier molecular flexibility index (Phi) is 3.21. The minimum Gasteiger partial charge on any atom is -0.204 e. The predicted octanol–water partition coefficient (Wildman–Crippen LogP) is 4.33. The first-order valence-electron chi connectivity index (χ1n) is 4.81. The van der Waals surface area contributed by atoms with Crippen LogP contribution in [0.25, 0.3) is 11.1 Å². The fourth-order valence-electron chi connectivity index (χ4n) is 1.50. The lowest BCUT2D eigenvalue weighted by atomic mass is 10.0. The number of benzene rings is 2. The largest absolute Gasteiger partial charge is 0.204 e. The van der Waals surface area contributed by atoms with Gasteiger partial charge in [0, 0.05) is 11.1 Å². The normalized spacial score (nSPS) is 10.9. The summed E-state index contributed by atoms with van der Waals surface area (Å²) in [7, 11) is 0. The molecule has 0 saturated heterocycles. The molecule has 0 aliphatic carbocycles. The molecule has 0 fully saturated rings. The molecule has 0 saturated carbocycles. The average molecular weight is 280 g/mol. The maximum absolute atomic E-state index is 13.4. The van der Waals surface area contributed by atoms with Gasteiger partial charge in [-0.25, -0.2) is 30.7 Å². The lowest BCUT2D eigenvalue weighted by Crippen LogP contribution is -2.01. The summed E-state index contributed by atoms with van der Waals surface area (Å²) in [5.74, 6) is -13.2. The summed E-state index contributed by atoms with van der Waals surface area (Å²) >= 11 is 0. The number of rotatable bonds is 1. The van der Waals surface area contributed by atoms with Crippen LogP contribution in [0.15, 0.2) is 18.2 Å². The molecule has 100 valence electrons. The van der Waals surface area contributed by atoms with Crippen LogP contribution in [0.1, 0.15) is 0 Å². The van der Waals surface area contributed by atoms with Gasteiger partial charge in [0.05, 0.1) is 0 Å². The topological polar surface area (TPSA) is 0 Å². The average Bonchev–Trinajstić information content (AvgIpc) is 2.39. The molecule has 0 heterocycles. The highest BCUT2D eigenvalue weighted by molar-refractivity contribution is 5.65. The summed E-state index contributed by atoms with van der Waals surface area (Å²) < 4.78 is 91.0. The van der Waals surface area contributed by atoms with Crippen molar-refractivity contribution in [1.29, 1.82) is 0 Å². The van der Waals surface area contributed by atoms with Gasteiger partial charge >= 0.3 is 0 Å². The number of hydrogen-bond donors (Lipinski definition) is 0. The standard InChI is InChI=1S/C12H3F7/c13-6-2-1-4(8(15)10(6)17)5-3-7(14)11(18)12(19)9(5)16/h1-3H. The minimum atomic E-state index is -2.17. The van der Waals surface area contributed by atoms with Crippen molar-refractivity contribution in [2.24, 2.45) is 0 Å². The second kappa shape index (κ2) is 4.56. The second-order valence-electron chi connectivity index (χ2n) is 3.57. The van der Waals surface area contributed by atoms with E-state index in [4.69, 9.17) is 0 Å². The zero-order valence-corrected chi connectivity index (χ0v) is 8.88. The maximum Gasteiger partial charge on any atom is 0.198 e. The Labute approximate surface area is 102 Å². The molecule has 0 aliphatic rings. The molecule has 7 heteroatoms. The van der Waals surface area contributed by atoms with Crippen LogP contribution in [-0.4, -0.2) is 0 Å². The van der Waals surface area contributed by atoms with Crippen LogP contribution in [0, 0.1) is 40.7 Å². The van der Waals surface area contributed by atoms with Gasteiger partial charge in [0.25, 0.3) is 0 Å². The Balaban J connectivity index is 2.77. The molecule has 0 aliphatic heterocycles. The fraction of sp³-hybridized carbons (Fsp3) is 0. The van der Waals surface area contributed by atoms with Gasteiger partial charge in [-0.05, 0) is 18.2 Å². The van der Waals surface area contributed by atoms with Crippen LogP contribution >= 0.6 is 0 Å². The van der Waals surface area contributed by atoms with Crippen LogP contribution in [-0.2, 0) is 0 Å². The highest BCUT2D eigenvalue weighted by Crippen LogP contribution is 2.31. The van der Waals surface area contributed by atoms with Crippen molar-refractivity contribution in [3.05, 3.63) is 58.9 Å². The summed E-state index contributed by atoms with van der Waals surface area (Å²) in [5.41, 5.74) is -1.97. The molecule has 0 nitrogen and oxygen atoms in total. The van der Waals surface area contributed by atoms with Crippen LogP contribution in [0.3, 0.4) is 0 Å². The monoisotopic (exact) mass is 280 g/mol. The van der Waals surface area contributed by atoms with E-state index in [0.717, 1.165) is 0 Å². The summed E-state index contributed by atoms with van der Waals surface area (Å²) in [6.07, 6.45) is 0. The molecule has 0 N–H and O–H groups in total. The summed E-state index contributed by atoms with van der Waals surface area (Å²) in [6, 6.07) is 1.19. The molecule has 0 atom stereocenters. The van der Waals surface area contributed by atoms with Crippen molar-refractivity contribution in [3.63, 3.8) is 0 Å². The van der Waals surface area contributed by atoms with Gasteiger partial charge in [-0.2, -0.15) is 0 Å². The van der Waals surface area contributed by atoms with Crippen LogP contribution in [0.2, 0.25) is 0 Å². The van der Waals surface area contributed by atoms with Gasteiger partial charge in [0.1, 0.15) is 0 Å². The van der Waals surface area contributed by atoms with E-state index in [1.54, 1.807) is 0 Å². The summed E-state index contributed by atoms with van der Waals surface area (Å²) in [6.45, 7) is 0. The quantitative estimate of drug-likeness (QED) is 0.414. The maximum atomic E-state index is 13.4. The molecule has 0 aromatic heterocycles. The fourth-order valence-corrected chi connectivity index (χ4v) is 1.50. The third-order valence-corrected chi connectivity index (χ3v) is 2.43. The number of halogens is 7. The Morgan fingerprint density at radius 2 is 1.00 bits per heavy atom. The Morgan fingerprint density at radius 3 is 1.63 bits per heavy atom. The van der Waals surface area contributed by atoms with E-state index in [-0.39, 0.29) is 6.07 Å². The third-order valence-electron chi connectivity index (χ3n) is 2.43. The molecule has 0 bridgehead atoms. The zero-order chi connectivity index (χ0) is 14.3. The van der Waals surface area contributed by atoms with E-state index in [2.05, 4.69) is 0 Å². The molecular formula is C12H3F7. The highest BCUT2D eigenvalue weighted by Gasteiger charge is 2.23. The molecule has 0 unspecified atom stereocenters. The smallest absolute Gasteiger partial charge is 0.198 e. The zero-order valence-electron chi connectivity index (χ0n) is 8.88. The summed E-state index contributed by atoms with van der Waals surface area (Å²) in [4.78, 5) is 0. The summed E-state index contributed by atoms with van der Waals surface area (Å²) in [5, 5.41) is 0. The predicted molar refractivity (Wildman–Crippen MR) is 51.6 cm³/mol. The van der Waals surface area contributed by atoms with Crippen molar-refractivity contribution in [2.75, 3.05) is 0 Å². The Hall–Kier alpha value is -2.05. The lowest BCUT2D eigenvalue weighted by molar-refractivity contribution is 0.409. The van der Waals surface area contributed by atoms with Gasteiger partial charge in [-0.15, -0.1) is 0 Å². The SMILES string of the molecule is Fc1ccc(-c2cc(F)c(F)c(F)c2F)c(F)c1F. The lowest BCUT2D eigenvalue weighted by Gasteiger charge is -2.08. The first-order chi connectivity index (χ1) is 8.84. The van der Waals surface area contributed by atoms with E-state index in [0.29, 0.717) is 12.1 Å². The van der Waals surface area contributed by atoms with Crippen molar-refractivity contribution < 1.29 is 30.7 Å². The first kappa shape index (κ1) is 13.4. The van der Waals surface area contributed by atoms with E-state index in [1.807, 2.05) is 0 Å². The van der Waals surface area contributed by atoms with Gasteiger partial charge in [-0.3, -0.25) is 0 Å². The van der Waals surface area contributed by atoms with Crippen molar-refractivity contribution >= 4 is 0 Å². The molecule has 0 radical (unpaired) electrons. The molecular weight excluding hydrogens is 277 g/mol. The third kappa shape index (κ3) is 2.05. The highest BCUT2D eigenvalue weighted by atomic mass is 19.2. The molecule has 19 heavy (non-hydrogen) atoms. The molecule has 0 spiro atoms. The first-order valence-corrected chi connectivity index (χ1v) is 4.81. The van der Waals surface area contributed by atoms with Crippen LogP contribution in [0.4, 0.5) is 30.7 Å². The molecule has 2 rings (SSSR count). The minimum absolute atomic E-state index is 0.156. The van der Waals surface area contributed by atoms with Crippen molar-refractivity contribution in [3.8, 4) is 11.1 Å².